The van der Waals surface area contributed by atoms with Crippen LogP contribution in [0.1, 0.15) is 107 Å². The number of hydroxylamine groups is 2. The van der Waals surface area contributed by atoms with Crippen molar-refractivity contribution in [3.8, 4) is 5.75 Å². The number of ether oxygens (including phenoxy) is 1. The van der Waals surface area contributed by atoms with E-state index < -0.39 is 11.1 Å². The number of nitrogens with zero attached hydrogens (tertiary/aromatic N) is 2. The Balaban J connectivity index is 1.49. The van der Waals surface area contributed by atoms with Gasteiger partial charge in [0.2, 0.25) is 0 Å². The van der Waals surface area contributed by atoms with E-state index in [0.29, 0.717) is 11.3 Å². The summed E-state index contributed by atoms with van der Waals surface area (Å²) in [6.45, 7) is 10.2. The molecule has 2 aromatic carbocycles. The summed E-state index contributed by atoms with van der Waals surface area (Å²) in [4.78, 5) is 17.3. The van der Waals surface area contributed by atoms with Gasteiger partial charge in [-0.05, 0) is 101 Å². The van der Waals surface area contributed by atoms with Gasteiger partial charge in [-0.2, -0.15) is 0 Å². The molecule has 1 aliphatic heterocycles. The highest BCUT2D eigenvalue weighted by atomic mass is 16.5. The van der Waals surface area contributed by atoms with Gasteiger partial charge in [-0.25, -0.2) is 4.79 Å². The van der Waals surface area contributed by atoms with E-state index in [9.17, 15) is 10.0 Å². The number of carbonyl (C=O) groups excluding carboxylic acids is 1. The van der Waals surface area contributed by atoms with Crippen molar-refractivity contribution >= 4 is 12.2 Å². The second-order valence-corrected chi connectivity index (χ2v) is 11.4. The predicted octanol–water partition coefficient (Wildman–Crippen LogP) is 7.59. The van der Waals surface area contributed by atoms with Crippen molar-refractivity contribution in [1.29, 1.82) is 0 Å². The van der Waals surface area contributed by atoms with E-state index >= 15 is 0 Å². The van der Waals surface area contributed by atoms with E-state index in [-0.39, 0.29) is 12.0 Å². The van der Waals surface area contributed by atoms with Crippen molar-refractivity contribution in [3.05, 3.63) is 65.2 Å². The molecule has 0 atom stereocenters. The Hall–Kier alpha value is -2.50. The molecule has 5 nitrogen and oxygen atoms in total. The van der Waals surface area contributed by atoms with E-state index in [1.54, 1.807) is 12.1 Å². The van der Waals surface area contributed by atoms with Crippen molar-refractivity contribution in [2.45, 2.75) is 110 Å². The molecule has 0 aromatic heterocycles. The lowest BCUT2D eigenvalue weighted by Crippen LogP contribution is -2.59. The summed E-state index contributed by atoms with van der Waals surface area (Å²) in [6, 6.07) is 15.2. The maximum Gasteiger partial charge on any atom is 0.343 e. The summed E-state index contributed by atoms with van der Waals surface area (Å²) in [7, 11) is 0. The van der Waals surface area contributed by atoms with E-state index in [1.165, 1.54) is 49.2 Å². The van der Waals surface area contributed by atoms with Crippen LogP contribution in [0.5, 0.6) is 5.75 Å². The highest BCUT2D eigenvalue weighted by Crippen LogP contribution is 2.38. The Morgan fingerprint density at radius 3 is 2.11 bits per heavy atom. The zero-order chi connectivity index (χ0) is 26.2. The predicted molar refractivity (Wildman–Crippen MR) is 146 cm³/mol. The number of hydrogen-bond acceptors (Lipinski definition) is 4. The Bertz CT molecular complexity index is 975. The molecule has 1 heterocycles. The Labute approximate surface area is 217 Å². The zero-order valence-electron chi connectivity index (χ0n) is 22.8. The largest absolute Gasteiger partial charge is 0.423 e. The van der Waals surface area contributed by atoms with Crippen molar-refractivity contribution in [1.82, 2.24) is 5.06 Å². The minimum atomic E-state index is -0.436. The van der Waals surface area contributed by atoms with Gasteiger partial charge < -0.3 is 4.74 Å². The number of esters is 1. The quantitative estimate of drug-likeness (QED) is 0.141. The van der Waals surface area contributed by atoms with Gasteiger partial charge in [0.15, 0.2) is 0 Å². The number of hydrogen-bond donors (Lipinski definition) is 0. The van der Waals surface area contributed by atoms with Crippen molar-refractivity contribution in [2.75, 3.05) is 0 Å². The van der Waals surface area contributed by atoms with Crippen molar-refractivity contribution < 1.29 is 14.7 Å². The van der Waals surface area contributed by atoms with Crippen molar-refractivity contribution in [3.63, 3.8) is 0 Å². The third-order valence-electron chi connectivity index (χ3n) is 7.10. The summed E-state index contributed by atoms with van der Waals surface area (Å²) in [5, 5.41) is 13.8. The van der Waals surface area contributed by atoms with E-state index in [2.05, 4.69) is 6.92 Å². The summed E-state index contributed by atoms with van der Waals surface area (Å²) in [5.41, 5.74) is 1.89. The van der Waals surface area contributed by atoms with Gasteiger partial charge in [-0.3, -0.25) is 4.99 Å². The lowest BCUT2D eigenvalue weighted by Gasteiger charge is -2.48. The summed E-state index contributed by atoms with van der Waals surface area (Å²) >= 11 is 0. The van der Waals surface area contributed by atoms with Crippen LogP contribution in [0, 0.1) is 0 Å². The molecular weight excluding hydrogens is 448 g/mol. The first kappa shape index (κ1) is 28.1. The lowest BCUT2D eigenvalue weighted by molar-refractivity contribution is -0.288. The minimum Gasteiger partial charge on any atom is -0.423 e. The highest BCUT2D eigenvalue weighted by molar-refractivity contribution is 5.91. The number of piperidine rings is 1. The second-order valence-electron chi connectivity index (χ2n) is 11.4. The Kier molecular flexibility index (Phi) is 9.86. The van der Waals surface area contributed by atoms with Crippen LogP contribution in [0.25, 0.3) is 0 Å². The molecule has 1 aliphatic rings. The average Bonchev–Trinajstić information content (AvgIpc) is 2.84. The summed E-state index contributed by atoms with van der Waals surface area (Å²) in [6.07, 6.45) is 12.0. The molecule has 0 saturated carbocycles. The molecule has 36 heavy (non-hydrogen) atoms. The molecular formula is C31H43N2O3. The molecule has 1 radical (unpaired) electrons. The maximum atomic E-state index is 12.6. The number of unbranched alkanes of at least 4 members (excludes halogenated alkanes) is 5. The van der Waals surface area contributed by atoms with Crippen LogP contribution in [-0.2, 0) is 11.6 Å². The first-order chi connectivity index (χ1) is 17.1. The monoisotopic (exact) mass is 491 g/mol. The van der Waals surface area contributed by atoms with Crippen LogP contribution < -0.4 is 4.74 Å². The van der Waals surface area contributed by atoms with E-state index in [4.69, 9.17) is 9.73 Å². The molecule has 0 bridgehead atoms. The second kappa shape index (κ2) is 12.6. The number of carbonyl (C=O) groups is 1. The number of benzene rings is 2. The molecule has 0 N–H and O–H groups in total. The highest BCUT2D eigenvalue weighted by Gasteiger charge is 2.45. The van der Waals surface area contributed by atoms with E-state index in [0.717, 1.165) is 24.8 Å². The number of aryl methyl sites for hydroxylation is 1. The topological polar surface area (TPSA) is 61.8 Å². The van der Waals surface area contributed by atoms with Crippen LogP contribution >= 0.6 is 0 Å². The van der Waals surface area contributed by atoms with Gasteiger partial charge in [0.1, 0.15) is 5.75 Å². The fourth-order valence-corrected chi connectivity index (χ4v) is 5.21. The fourth-order valence-electron chi connectivity index (χ4n) is 5.21. The zero-order valence-corrected chi connectivity index (χ0v) is 22.8. The van der Waals surface area contributed by atoms with Gasteiger partial charge >= 0.3 is 5.97 Å². The van der Waals surface area contributed by atoms with Gasteiger partial charge in [0.25, 0.3) is 0 Å². The normalized spacial score (nSPS) is 17.9. The number of aliphatic imine (C=N–C) groups is 1. The minimum absolute atomic E-state index is 0.0988. The van der Waals surface area contributed by atoms with Gasteiger partial charge in [0, 0.05) is 17.3 Å². The first-order valence-corrected chi connectivity index (χ1v) is 13.5. The SMILES string of the molecule is CCCCCCCCc1ccc(C(=O)Oc2ccc(C=NC3CC(C)(C)N([O])C(C)(C)C3)cc2)cc1. The standard InChI is InChI=1S/C31H43N2O3/c1-6-7-8-9-10-11-12-24-13-17-26(18-14-24)29(34)36-28-19-15-25(16-20-28)23-32-27-21-30(2,3)33(35)31(4,5)22-27/h13-20,23,27H,6-12,21-22H2,1-5H3. The van der Waals surface area contributed by atoms with Crippen LogP contribution in [-0.4, -0.2) is 34.4 Å². The molecule has 3 rings (SSSR count). The summed E-state index contributed by atoms with van der Waals surface area (Å²) < 4.78 is 5.57. The van der Waals surface area contributed by atoms with E-state index in [1.807, 2.05) is 70.3 Å². The number of rotatable bonds is 11. The Morgan fingerprint density at radius 1 is 0.917 bits per heavy atom. The molecule has 5 heteroatoms. The van der Waals surface area contributed by atoms with Crippen molar-refractivity contribution in [2.24, 2.45) is 4.99 Å². The van der Waals surface area contributed by atoms with Crippen LogP contribution in [0.4, 0.5) is 0 Å². The third-order valence-corrected chi connectivity index (χ3v) is 7.10. The average molecular weight is 492 g/mol. The third kappa shape index (κ3) is 8.01. The fraction of sp³-hybridized carbons (Fsp3) is 0.548. The molecule has 0 amide bonds. The summed E-state index contributed by atoms with van der Waals surface area (Å²) in [5.74, 6) is 0.159. The maximum absolute atomic E-state index is 12.6. The smallest absolute Gasteiger partial charge is 0.343 e. The molecule has 0 aliphatic carbocycles. The molecule has 0 unspecified atom stereocenters. The van der Waals surface area contributed by atoms with Crippen LogP contribution in [0.2, 0.25) is 0 Å². The first-order valence-electron chi connectivity index (χ1n) is 13.5. The molecule has 1 saturated heterocycles. The van der Waals surface area contributed by atoms with Gasteiger partial charge in [-0.1, -0.05) is 51.2 Å². The van der Waals surface area contributed by atoms with Crippen LogP contribution in [0.15, 0.2) is 53.5 Å². The Morgan fingerprint density at radius 2 is 1.50 bits per heavy atom. The molecule has 0 spiro atoms. The molecule has 1 fully saturated rings. The molecule has 195 valence electrons. The molecule has 2 aromatic rings. The van der Waals surface area contributed by atoms with Gasteiger partial charge in [-0.15, -0.1) is 10.3 Å². The van der Waals surface area contributed by atoms with Gasteiger partial charge in [0.05, 0.1) is 11.6 Å². The van der Waals surface area contributed by atoms with Crippen LogP contribution in [0.3, 0.4) is 0 Å². The lowest BCUT2D eigenvalue weighted by atomic mass is 9.79.